The minimum Gasteiger partial charge on any atom is -0.497 e. The summed E-state index contributed by atoms with van der Waals surface area (Å²) in [5, 5.41) is 3.04. The van der Waals surface area contributed by atoms with Crippen LogP contribution in [0.25, 0.3) is 0 Å². The van der Waals surface area contributed by atoms with Crippen LogP contribution in [0.15, 0.2) is 28.9 Å². The molecule has 0 amide bonds. The maximum Gasteiger partial charge on any atom is 0.299 e. The number of hydrogen-bond acceptors (Lipinski definition) is 6. The van der Waals surface area contributed by atoms with Gasteiger partial charge in [-0.3, -0.25) is 0 Å². The van der Waals surface area contributed by atoms with Crippen LogP contribution in [0.5, 0.6) is 11.5 Å². The Morgan fingerprint density at radius 2 is 2.11 bits per heavy atom. The highest BCUT2D eigenvalue weighted by atomic mass is 16.5. The molecule has 0 spiro atoms. The third-order valence-corrected chi connectivity index (χ3v) is 2.64. The molecule has 1 unspecified atom stereocenters. The summed E-state index contributed by atoms with van der Waals surface area (Å²) in [6, 6.07) is 5.60. The van der Waals surface area contributed by atoms with Gasteiger partial charge in [-0.05, 0) is 19.1 Å². The summed E-state index contributed by atoms with van der Waals surface area (Å²) in [5.41, 5.74) is 7.12. The van der Waals surface area contributed by atoms with Crippen LogP contribution in [-0.2, 0) is 0 Å². The van der Waals surface area contributed by atoms with Gasteiger partial charge in [-0.2, -0.15) is 4.98 Å². The van der Waals surface area contributed by atoms with Crippen molar-refractivity contribution >= 4 is 11.7 Å². The molecule has 1 aromatic heterocycles. The first-order chi connectivity index (χ1) is 9.13. The molecule has 3 N–H and O–H groups in total. The summed E-state index contributed by atoms with van der Waals surface area (Å²) in [7, 11) is 3.20. The third kappa shape index (κ3) is 2.97. The molecular formula is C13H17N3O3. The molecule has 0 fully saturated rings. The Morgan fingerprint density at radius 1 is 1.32 bits per heavy atom. The average Bonchev–Trinajstić information content (AvgIpc) is 2.87. The molecule has 1 aromatic carbocycles. The predicted octanol–water partition coefficient (Wildman–Crippen LogP) is 2.46. The van der Waals surface area contributed by atoms with Gasteiger partial charge in [0, 0.05) is 12.1 Å². The van der Waals surface area contributed by atoms with Crippen LogP contribution in [0.2, 0.25) is 0 Å². The largest absolute Gasteiger partial charge is 0.497 e. The fourth-order valence-corrected chi connectivity index (χ4v) is 1.58. The second kappa shape index (κ2) is 5.62. The van der Waals surface area contributed by atoms with Crippen molar-refractivity contribution in [2.24, 2.45) is 5.73 Å². The van der Waals surface area contributed by atoms with E-state index in [1.165, 1.54) is 6.26 Å². The monoisotopic (exact) mass is 263 g/mol. The Kier molecular flexibility index (Phi) is 3.91. The van der Waals surface area contributed by atoms with E-state index in [1.807, 2.05) is 13.0 Å². The molecule has 2 aromatic rings. The van der Waals surface area contributed by atoms with Crippen LogP contribution in [-0.4, -0.2) is 19.2 Å². The molecule has 102 valence electrons. The first kappa shape index (κ1) is 13.2. The number of benzene rings is 1. The van der Waals surface area contributed by atoms with Crippen LogP contribution >= 0.6 is 0 Å². The van der Waals surface area contributed by atoms with Crippen LogP contribution in [0.4, 0.5) is 11.7 Å². The molecule has 0 saturated heterocycles. The van der Waals surface area contributed by atoms with E-state index in [4.69, 9.17) is 19.6 Å². The smallest absolute Gasteiger partial charge is 0.299 e. The van der Waals surface area contributed by atoms with Crippen LogP contribution in [0.1, 0.15) is 18.7 Å². The zero-order chi connectivity index (χ0) is 13.8. The second-order valence-electron chi connectivity index (χ2n) is 4.06. The Bertz CT molecular complexity index is 552. The van der Waals surface area contributed by atoms with Crippen LogP contribution in [0.3, 0.4) is 0 Å². The second-order valence-corrected chi connectivity index (χ2v) is 4.06. The highest BCUT2D eigenvalue weighted by molar-refractivity contribution is 5.64. The molecule has 6 nitrogen and oxygen atoms in total. The summed E-state index contributed by atoms with van der Waals surface area (Å²) in [4.78, 5) is 4.24. The molecule has 0 saturated carbocycles. The lowest BCUT2D eigenvalue weighted by Crippen LogP contribution is -2.05. The zero-order valence-electron chi connectivity index (χ0n) is 11.1. The molecule has 2 rings (SSSR count). The number of ether oxygens (including phenoxy) is 2. The molecule has 0 aliphatic heterocycles. The Hall–Kier alpha value is -2.21. The Labute approximate surface area is 111 Å². The van der Waals surface area contributed by atoms with Gasteiger partial charge < -0.3 is 24.9 Å². The quantitative estimate of drug-likeness (QED) is 0.862. The number of anilines is 2. The van der Waals surface area contributed by atoms with Crippen molar-refractivity contribution in [1.82, 2.24) is 4.98 Å². The lowest BCUT2D eigenvalue weighted by atomic mass is 10.2. The third-order valence-electron chi connectivity index (χ3n) is 2.64. The van der Waals surface area contributed by atoms with Crippen molar-refractivity contribution in [3.63, 3.8) is 0 Å². The predicted molar refractivity (Wildman–Crippen MR) is 71.9 cm³/mol. The van der Waals surface area contributed by atoms with E-state index in [0.717, 1.165) is 0 Å². The summed E-state index contributed by atoms with van der Waals surface area (Å²) >= 11 is 0. The van der Waals surface area contributed by atoms with Crippen molar-refractivity contribution in [2.75, 3.05) is 19.5 Å². The molecule has 0 aliphatic rings. The van der Waals surface area contributed by atoms with Crippen LogP contribution in [0, 0.1) is 0 Å². The maximum absolute atomic E-state index is 5.73. The van der Waals surface area contributed by atoms with Crippen molar-refractivity contribution in [3.05, 3.63) is 30.2 Å². The summed E-state index contributed by atoms with van der Waals surface area (Å²) in [6.07, 6.45) is 1.53. The van der Waals surface area contributed by atoms with E-state index in [2.05, 4.69) is 10.3 Å². The number of hydrogen-bond donors (Lipinski definition) is 2. The molecule has 6 heteroatoms. The van der Waals surface area contributed by atoms with E-state index in [1.54, 1.807) is 26.4 Å². The zero-order valence-corrected chi connectivity index (χ0v) is 11.1. The minimum absolute atomic E-state index is 0.175. The molecular weight excluding hydrogens is 246 g/mol. The lowest BCUT2D eigenvalue weighted by molar-refractivity contribution is 0.404. The van der Waals surface area contributed by atoms with Gasteiger partial charge in [-0.1, -0.05) is 0 Å². The molecule has 19 heavy (non-hydrogen) atoms. The van der Waals surface area contributed by atoms with E-state index < -0.39 is 0 Å². The van der Waals surface area contributed by atoms with Gasteiger partial charge >= 0.3 is 0 Å². The number of rotatable bonds is 5. The minimum atomic E-state index is -0.175. The first-order valence-corrected chi connectivity index (χ1v) is 5.84. The normalized spacial score (nSPS) is 12.0. The summed E-state index contributed by atoms with van der Waals surface area (Å²) < 4.78 is 15.7. The van der Waals surface area contributed by atoms with E-state index in [0.29, 0.717) is 28.9 Å². The number of aromatic nitrogens is 1. The van der Waals surface area contributed by atoms with Crippen molar-refractivity contribution < 1.29 is 13.9 Å². The van der Waals surface area contributed by atoms with Gasteiger partial charge in [0.15, 0.2) is 0 Å². The van der Waals surface area contributed by atoms with Gasteiger partial charge in [0.25, 0.3) is 6.01 Å². The average molecular weight is 263 g/mol. The maximum atomic E-state index is 5.73. The first-order valence-electron chi connectivity index (χ1n) is 5.84. The van der Waals surface area contributed by atoms with Gasteiger partial charge in [-0.15, -0.1) is 0 Å². The molecule has 1 heterocycles. The number of oxazole rings is 1. The van der Waals surface area contributed by atoms with Gasteiger partial charge in [0.1, 0.15) is 17.8 Å². The van der Waals surface area contributed by atoms with Crippen LogP contribution < -0.4 is 20.5 Å². The van der Waals surface area contributed by atoms with Crippen molar-refractivity contribution in [2.45, 2.75) is 13.0 Å². The molecule has 1 atom stereocenters. The topological polar surface area (TPSA) is 82.5 Å². The number of nitrogens with two attached hydrogens (primary N) is 1. The van der Waals surface area contributed by atoms with E-state index >= 15 is 0 Å². The molecule has 0 bridgehead atoms. The Morgan fingerprint density at radius 3 is 2.68 bits per heavy atom. The van der Waals surface area contributed by atoms with Crippen molar-refractivity contribution in [1.29, 1.82) is 0 Å². The molecule has 0 radical (unpaired) electrons. The standard InChI is InChI=1S/C13H17N3O3/c1-8(14)11-7-19-13(16-11)15-10-6-9(17-2)4-5-12(10)18-3/h4-8H,14H2,1-3H3,(H,15,16). The highest BCUT2D eigenvalue weighted by Crippen LogP contribution is 2.31. The summed E-state index contributed by atoms with van der Waals surface area (Å²) in [6.45, 7) is 1.84. The van der Waals surface area contributed by atoms with Gasteiger partial charge in [0.2, 0.25) is 0 Å². The van der Waals surface area contributed by atoms with E-state index in [9.17, 15) is 0 Å². The molecule has 0 aliphatic carbocycles. The SMILES string of the molecule is COc1ccc(OC)c(Nc2nc(C(C)N)co2)c1. The van der Waals surface area contributed by atoms with E-state index in [-0.39, 0.29) is 6.04 Å². The van der Waals surface area contributed by atoms with Crippen molar-refractivity contribution in [3.8, 4) is 11.5 Å². The fraction of sp³-hybridized carbons (Fsp3) is 0.308. The number of methoxy groups -OCH3 is 2. The fourth-order valence-electron chi connectivity index (χ4n) is 1.58. The van der Waals surface area contributed by atoms with Gasteiger partial charge in [-0.25, -0.2) is 0 Å². The summed E-state index contributed by atoms with van der Waals surface area (Å²) in [5.74, 6) is 1.38. The Balaban J connectivity index is 2.25. The van der Waals surface area contributed by atoms with Gasteiger partial charge in [0.05, 0.1) is 25.6 Å². The number of nitrogens with zero attached hydrogens (tertiary/aromatic N) is 1. The highest BCUT2D eigenvalue weighted by Gasteiger charge is 2.11. The number of nitrogens with one attached hydrogen (secondary N) is 1. The lowest BCUT2D eigenvalue weighted by Gasteiger charge is -2.10.